The first kappa shape index (κ1) is 9.99. The van der Waals surface area contributed by atoms with Gasteiger partial charge in [-0.3, -0.25) is 4.79 Å². The third-order valence-electron chi connectivity index (χ3n) is 1.58. The molecule has 1 heterocycles. The number of aromatic nitrogens is 1. The highest BCUT2D eigenvalue weighted by atomic mass is 16.1. The molecule has 1 aromatic rings. The van der Waals surface area contributed by atoms with Crippen LogP contribution in [-0.2, 0) is 4.79 Å². The molecule has 1 aromatic heterocycles. The number of rotatable bonds is 4. The molecule has 0 saturated carbocycles. The third-order valence-corrected chi connectivity index (χ3v) is 1.58. The molecule has 0 aliphatic heterocycles. The largest absolute Gasteiger partial charge is 0.383 e. The molecule has 3 N–H and O–H groups in total. The van der Waals surface area contributed by atoms with Crippen LogP contribution in [0, 0.1) is 11.3 Å². The predicted octanol–water partition coefficient (Wildman–Crippen LogP) is 0.241. The lowest BCUT2D eigenvalue weighted by Gasteiger charge is -2.03. The summed E-state index contributed by atoms with van der Waals surface area (Å²) in [7, 11) is 0. The highest BCUT2D eigenvalue weighted by Crippen LogP contribution is 2.04. The molecule has 0 spiro atoms. The molecule has 0 atom stereocenters. The van der Waals surface area contributed by atoms with Crippen LogP contribution in [0.2, 0.25) is 0 Å². The quantitative estimate of drug-likeness (QED) is 0.711. The Balaban J connectivity index is 2.45. The Labute approximate surface area is 81.6 Å². The van der Waals surface area contributed by atoms with E-state index in [1.54, 1.807) is 18.3 Å². The van der Waals surface area contributed by atoms with E-state index in [2.05, 4.69) is 10.3 Å². The number of pyridine rings is 1. The molecule has 0 bridgehead atoms. The van der Waals surface area contributed by atoms with Gasteiger partial charge in [-0.15, -0.1) is 0 Å². The Morgan fingerprint density at radius 3 is 2.93 bits per heavy atom. The van der Waals surface area contributed by atoms with E-state index in [4.69, 9.17) is 11.0 Å². The molecule has 0 aromatic carbocycles. The van der Waals surface area contributed by atoms with Crippen molar-refractivity contribution >= 4 is 11.6 Å². The van der Waals surface area contributed by atoms with E-state index in [0.29, 0.717) is 12.2 Å². The third kappa shape index (κ3) is 3.11. The summed E-state index contributed by atoms with van der Waals surface area (Å²) in [6, 6.07) is 5.25. The molecular weight excluding hydrogens is 180 g/mol. The number of amides is 1. The predicted molar refractivity (Wildman–Crippen MR) is 51.3 cm³/mol. The van der Waals surface area contributed by atoms with Gasteiger partial charge in [0.05, 0.1) is 11.9 Å². The Morgan fingerprint density at radius 1 is 1.64 bits per heavy atom. The molecule has 0 saturated heterocycles. The second-order valence-corrected chi connectivity index (χ2v) is 2.69. The highest BCUT2D eigenvalue weighted by Gasteiger charge is 1.96. The van der Waals surface area contributed by atoms with Crippen LogP contribution in [0.3, 0.4) is 0 Å². The van der Waals surface area contributed by atoms with Crippen molar-refractivity contribution in [2.75, 3.05) is 11.9 Å². The molecule has 1 rings (SSSR count). The second-order valence-electron chi connectivity index (χ2n) is 2.69. The summed E-state index contributed by atoms with van der Waals surface area (Å²) in [5.74, 6) is -0.348. The average molecular weight is 190 g/mol. The number of primary amides is 1. The molecule has 0 aliphatic rings. The van der Waals surface area contributed by atoms with Crippen molar-refractivity contribution in [3.63, 3.8) is 0 Å². The molecule has 0 aliphatic carbocycles. The Bertz CT molecular complexity index is 352. The normalized spacial score (nSPS) is 9.07. The average Bonchev–Trinajstić information content (AvgIpc) is 2.18. The Hall–Kier alpha value is -2.09. The van der Waals surface area contributed by atoms with Crippen LogP contribution >= 0.6 is 0 Å². The zero-order valence-corrected chi connectivity index (χ0v) is 7.53. The monoisotopic (exact) mass is 190 g/mol. The maximum absolute atomic E-state index is 10.4. The molecule has 5 nitrogen and oxygen atoms in total. The van der Waals surface area contributed by atoms with E-state index >= 15 is 0 Å². The molecule has 0 fully saturated rings. The van der Waals surface area contributed by atoms with Crippen molar-refractivity contribution in [1.82, 2.24) is 4.98 Å². The smallest absolute Gasteiger partial charge is 0.219 e. The number of carbonyl (C=O) groups is 1. The lowest BCUT2D eigenvalue weighted by Crippen LogP contribution is -2.15. The number of nitriles is 1. The van der Waals surface area contributed by atoms with Gasteiger partial charge in [0.2, 0.25) is 5.91 Å². The summed E-state index contributed by atoms with van der Waals surface area (Å²) in [6.45, 7) is 0.475. The first-order valence-corrected chi connectivity index (χ1v) is 4.10. The van der Waals surface area contributed by atoms with Gasteiger partial charge in [-0.05, 0) is 12.1 Å². The number of nitrogens with zero attached hydrogens (tertiary/aromatic N) is 2. The van der Waals surface area contributed by atoms with Crippen LogP contribution in [0.1, 0.15) is 12.1 Å². The minimum atomic E-state index is -0.348. The van der Waals surface area contributed by atoms with Crippen LogP contribution in [0.15, 0.2) is 18.3 Å². The van der Waals surface area contributed by atoms with Crippen LogP contribution in [0.4, 0.5) is 5.69 Å². The van der Waals surface area contributed by atoms with E-state index in [9.17, 15) is 4.79 Å². The van der Waals surface area contributed by atoms with Crippen molar-refractivity contribution < 1.29 is 4.79 Å². The van der Waals surface area contributed by atoms with Crippen molar-refractivity contribution in [3.05, 3.63) is 24.0 Å². The molecule has 5 heteroatoms. The molecule has 14 heavy (non-hydrogen) atoms. The van der Waals surface area contributed by atoms with E-state index < -0.39 is 0 Å². The van der Waals surface area contributed by atoms with Gasteiger partial charge in [-0.2, -0.15) is 5.26 Å². The number of carbonyl (C=O) groups excluding carboxylic acids is 1. The Kier molecular flexibility index (Phi) is 3.44. The highest BCUT2D eigenvalue weighted by molar-refractivity contribution is 5.74. The van der Waals surface area contributed by atoms with Gasteiger partial charge in [0, 0.05) is 13.0 Å². The van der Waals surface area contributed by atoms with Gasteiger partial charge < -0.3 is 11.1 Å². The maximum atomic E-state index is 10.4. The van der Waals surface area contributed by atoms with E-state index in [0.717, 1.165) is 5.69 Å². The van der Waals surface area contributed by atoms with Crippen LogP contribution in [0.5, 0.6) is 0 Å². The fourth-order valence-corrected chi connectivity index (χ4v) is 0.895. The standard InChI is InChI=1S/C9H10N4O/c10-5-7-1-2-8(6-13-7)12-4-3-9(11)14/h1-2,6,12H,3-4H2,(H2,11,14). The van der Waals surface area contributed by atoms with Gasteiger partial charge in [0.25, 0.3) is 0 Å². The molecule has 72 valence electrons. The number of hydrogen-bond donors (Lipinski definition) is 2. The zero-order valence-electron chi connectivity index (χ0n) is 7.53. The molecule has 0 unspecified atom stereocenters. The summed E-state index contributed by atoms with van der Waals surface area (Å²) in [4.78, 5) is 14.3. The van der Waals surface area contributed by atoms with Gasteiger partial charge in [-0.1, -0.05) is 0 Å². The van der Waals surface area contributed by atoms with E-state index in [1.165, 1.54) is 0 Å². The summed E-state index contributed by atoms with van der Waals surface area (Å²) in [6.07, 6.45) is 1.82. The van der Waals surface area contributed by atoms with E-state index in [1.807, 2.05) is 6.07 Å². The SMILES string of the molecule is N#Cc1ccc(NCCC(N)=O)cn1. The van der Waals surface area contributed by atoms with Crippen LogP contribution < -0.4 is 11.1 Å². The number of nitrogens with two attached hydrogens (primary N) is 1. The van der Waals surface area contributed by atoms with Gasteiger partial charge in [-0.25, -0.2) is 4.98 Å². The van der Waals surface area contributed by atoms with Gasteiger partial charge in [0.15, 0.2) is 0 Å². The first-order valence-electron chi connectivity index (χ1n) is 4.10. The summed E-state index contributed by atoms with van der Waals surface area (Å²) in [5, 5.41) is 11.4. The Morgan fingerprint density at radius 2 is 2.43 bits per heavy atom. The lowest BCUT2D eigenvalue weighted by molar-refractivity contribution is -0.117. The number of nitrogens with one attached hydrogen (secondary N) is 1. The van der Waals surface area contributed by atoms with Crippen LogP contribution in [0.25, 0.3) is 0 Å². The summed E-state index contributed by atoms with van der Waals surface area (Å²) in [5.41, 5.74) is 6.10. The zero-order chi connectivity index (χ0) is 10.4. The number of anilines is 1. The fourth-order valence-electron chi connectivity index (χ4n) is 0.895. The lowest BCUT2D eigenvalue weighted by atomic mass is 10.3. The maximum Gasteiger partial charge on any atom is 0.219 e. The topological polar surface area (TPSA) is 91.8 Å². The minimum absolute atomic E-state index is 0.278. The molecular formula is C9H10N4O. The molecule has 0 radical (unpaired) electrons. The van der Waals surface area contributed by atoms with Gasteiger partial charge in [0.1, 0.15) is 11.8 Å². The van der Waals surface area contributed by atoms with Crippen LogP contribution in [-0.4, -0.2) is 17.4 Å². The second kappa shape index (κ2) is 4.82. The van der Waals surface area contributed by atoms with Gasteiger partial charge >= 0.3 is 0 Å². The minimum Gasteiger partial charge on any atom is -0.383 e. The first-order chi connectivity index (χ1) is 6.72. The fraction of sp³-hybridized carbons (Fsp3) is 0.222. The van der Waals surface area contributed by atoms with Crippen molar-refractivity contribution in [2.24, 2.45) is 5.73 Å². The van der Waals surface area contributed by atoms with Crippen molar-refractivity contribution in [3.8, 4) is 6.07 Å². The molecule has 1 amide bonds. The van der Waals surface area contributed by atoms with E-state index in [-0.39, 0.29) is 12.3 Å². The summed E-state index contributed by atoms with van der Waals surface area (Å²) >= 11 is 0. The van der Waals surface area contributed by atoms with Crippen molar-refractivity contribution in [2.45, 2.75) is 6.42 Å². The van der Waals surface area contributed by atoms with Crippen molar-refractivity contribution in [1.29, 1.82) is 5.26 Å². The number of hydrogen-bond acceptors (Lipinski definition) is 4. The summed E-state index contributed by atoms with van der Waals surface area (Å²) < 4.78 is 0.